The highest BCUT2D eigenvalue weighted by Crippen LogP contribution is 2.21. The number of benzene rings is 3. The van der Waals surface area contributed by atoms with Gasteiger partial charge >= 0.3 is 0 Å². The summed E-state index contributed by atoms with van der Waals surface area (Å²) in [5.74, 6) is 10.7. The summed E-state index contributed by atoms with van der Waals surface area (Å²) >= 11 is 0. The third-order valence-corrected chi connectivity index (χ3v) is 6.45. The summed E-state index contributed by atoms with van der Waals surface area (Å²) in [5, 5.41) is 0.931. The number of nitrogens with one attached hydrogen (secondary N) is 1. The van der Waals surface area contributed by atoms with Gasteiger partial charge in [0, 0.05) is 19.3 Å². The lowest BCUT2D eigenvalue weighted by Crippen LogP contribution is -2.37. The van der Waals surface area contributed by atoms with Gasteiger partial charge in [0.05, 0.1) is 17.7 Å². The van der Waals surface area contributed by atoms with E-state index >= 15 is 0 Å². The monoisotopic (exact) mass is 529 g/mol. The minimum Gasteiger partial charge on any atom is -0.492 e. The summed E-state index contributed by atoms with van der Waals surface area (Å²) in [6.45, 7) is 5.93. The molecule has 0 bridgehead atoms. The lowest BCUT2D eigenvalue weighted by atomic mass is 10.0. The number of unbranched alkanes of at least 4 members (excludes halogenated alkanes) is 1. The number of rotatable bonds is 13. The zero-order valence-electron chi connectivity index (χ0n) is 23.0. The van der Waals surface area contributed by atoms with Gasteiger partial charge in [-0.1, -0.05) is 61.9 Å². The maximum absolute atomic E-state index is 12.4. The van der Waals surface area contributed by atoms with Gasteiger partial charge in [-0.25, -0.2) is 11.7 Å². The molecule has 8 nitrogen and oxygen atoms in total. The van der Waals surface area contributed by atoms with Crippen LogP contribution >= 0.6 is 0 Å². The van der Waals surface area contributed by atoms with E-state index < -0.39 is 11.8 Å². The Morgan fingerprint density at radius 1 is 0.923 bits per heavy atom. The van der Waals surface area contributed by atoms with Crippen LogP contribution in [0.3, 0.4) is 0 Å². The zero-order chi connectivity index (χ0) is 28.2. The Morgan fingerprint density at radius 2 is 1.56 bits per heavy atom. The molecule has 2 amide bonds. The van der Waals surface area contributed by atoms with Crippen LogP contribution in [0.2, 0.25) is 0 Å². The number of carbonyl (C=O) groups excluding carboxylic acids is 2. The second-order valence-corrected chi connectivity index (χ2v) is 9.30. The lowest BCUT2D eigenvalue weighted by Gasteiger charge is -2.24. The summed E-state index contributed by atoms with van der Waals surface area (Å²) in [6.07, 6.45) is 7.76. The molecule has 3 aromatic carbocycles. The van der Waals surface area contributed by atoms with E-state index in [1.54, 1.807) is 18.2 Å². The molecule has 3 rings (SSSR count). The van der Waals surface area contributed by atoms with Gasteiger partial charge in [0.25, 0.3) is 11.8 Å². The van der Waals surface area contributed by atoms with Crippen LogP contribution in [0.1, 0.15) is 64.1 Å². The van der Waals surface area contributed by atoms with Gasteiger partial charge in [0.1, 0.15) is 12.4 Å². The van der Waals surface area contributed by atoms with Crippen LogP contribution in [0, 0.1) is 0 Å². The van der Waals surface area contributed by atoms with Crippen molar-refractivity contribution in [3.05, 3.63) is 94.5 Å². The molecule has 0 atom stereocenters. The van der Waals surface area contributed by atoms with Gasteiger partial charge in [-0.2, -0.15) is 0 Å². The average molecular weight is 530 g/mol. The van der Waals surface area contributed by atoms with E-state index in [2.05, 4.69) is 53.7 Å². The number of anilines is 1. The van der Waals surface area contributed by atoms with Crippen LogP contribution in [0.15, 0.2) is 66.7 Å². The third kappa shape index (κ3) is 8.43. The number of nitrogen functional groups attached to an aromatic ring is 1. The minimum atomic E-state index is -0.563. The number of hydrazine groups is 2. The molecule has 8 heteroatoms. The number of hydrogen-bond donors (Lipinski definition) is 3. The Bertz CT molecular complexity index is 1250. The van der Waals surface area contributed by atoms with Crippen LogP contribution in [-0.2, 0) is 6.42 Å². The van der Waals surface area contributed by atoms with E-state index in [1.807, 2.05) is 31.2 Å². The van der Waals surface area contributed by atoms with Gasteiger partial charge in [0.2, 0.25) is 0 Å². The number of hydrogen-bond acceptors (Lipinski definition) is 6. The van der Waals surface area contributed by atoms with Crippen molar-refractivity contribution in [3.8, 4) is 5.75 Å². The maximum atomic E-state index is 12.4. The highest BCUT2D eigenvalue weighted by atomic mass is 16.5. The number of aryl methyl sites for hydroxylation is 1. The number of nitrogens with zero attached hydrogens (tertiary/aromatic N) is 2. The Morgan fingerprint density at radius 3 is 2.13 bits per heavy atom. The standard InChI is InChI=1S/C31H39N5O3/c1-4-6-7-23-8-10-24(11-9-23)12-13-25-14-17-27(18-15-25)39-21-20-36(5-2)26-16-19-28(31(38)35(3)33)29(22-26)30(37)34-32/h8-19,22H,4-7,20-21,32-33H2,1-3H3,(H,34,37). The highest BCUT2D eigenvalue weighted by molar-refractivity contribution is 6.07. The van der Waals surface area contributed by atoms with Crippen molar-refractivity contribution in [3.63, 3.8) is 0 Å². The second kappa shape index (κ2) is 14.7. The molecular weight excluding hydrogens is 490 g/mol. The smallest absolute Gasteiger partial charge is 0.268 e. The molecule has 0 heterocycles. The first-order valence-electron chi connectivity index (χ1n) is 13.3. The SMILES string of the molecule is CCCCc1ccc(C=Cc2ccc(OCCN(CC)c3ccc(C(=O)N(C)N)c(C(=O)NN)c3)cc2)cc1. The first-order chi connectivity index (χ1) is 18.9. The van der Waals surface area contributed by atoms with Crippen molar-refractivity contribution in [1.29, 1.82) is 0 Å². The van der Waals surface area contributed by atoms with Crippen molar-refractivity contribution in [1.82, 2.24) is 10.4 Å². The Hall–Kier alpha value is -4.14. The van der Waals surface area contributed by atoms with Gasteiger partial charge in [-0.05, 0) is 66.8 Å². The predicted molar refractivity (Wildman–Crippen MR) is 158 cm³/mol. The first-order valence-corrected chi connectivity index (χ1v) is 13.3. The van der Waals surface area contributed by atoms with Gasteiger partial charge < -0.3 is 9.64 Å². The van der Waals surface area contributed by atoms with Gasteiger partial charge in [-0.15, -0.1) is 0 Å². The zero-order valence-corrected chi connectivity index (χ0v) is 23.0. The largest absolute Gasteiger partial charge is 0.492 e. The molecule has 0 spiro atoms. The van der Waals surface area contributed by atoms with Crippen molar-refractivity contribution in [2.24, 2.45) is 11.7 Å². The summed E-state index contributed by atoms with van der Waals surface area (Å²) in [6, 6.07) is 21.7. The van der Waals surface area contributed by atoms with E-state index in [4.69, 9.17) is 16.4 Å². The van der Waals surface area contributed by atoms with Gasteiger partial charge in [0.15, 0.2) is 0 Å². The number of likely N-dealkylation sites (N-methyl/N-ethyl adjacent to an activating group) is 1. The Kier molecular flexibility index (Phi) is 11.1. The van der Waals surface area contributed by atoms with Crippen LogP contribution in [0.25, 0.3) is 12.2 Å². The van der Waals surface area contributed by atoms with Crippen LogP contribution < -0.4 is 26.7 Å². The van der Waals surface area contributed by atoms with Crippen molar-refractivity contribution < 1.29 is 14.3 Å². The summed E-state index contributed by atoms with van der Waals surface area (Å²) in [7, 11) is 1.42. The van der Waals surface area contributed by atoms with E-state index in [1.165, 1.54) is 31.0 Å². The molecule has 0 aliphatic rings. The maximum Gasteiger partial charge on any atom is 0.268 e. The van der Waals surface area contributed by atoms with Crippen LogP contribution in [-0.4, -0.2) is 43.6 Å². The predicted octanol–water partition coefficient (Wildman–Crippen LogP) is 4.65. The van der Waals surface area contributed by atoms with Crippen molar-refractivity contribution in [2.75, 3.05) is 31.6 Å². The van der Waals surface area contributed by atoms with Gasteiger partial charge in [-0.3, -0.25) is 20.0 Å². The first kappa shape index (κ1) is 29.4. The molecule has 206 valence electrons. The summed E-state index contributed by atoms with van der Waals surface area (Å²) in [4.78, 5) is 26.8. The molecule has 0 unspecified atom stereocenters. The molecule has 0 aliphatic heterocycles. The van der Waals surface area contributed by atoms with E-state index in [-0.39, 0.29) is 11.1 Å². The van der Waals surface area contributed by atoms with E-state index in [0.717, 1.165) is 28.4 Å². The molecule has 0 saturated heterocycles. The Labute approximate surface area is 231 Å². The lowest BCUT2D eigenvalue weighted by molar-refractivity contribution is 0.0787. The number of ether oxygens (including phenoxy) is 1. The highest BCUT2D eigenvalue weighted by Gasteiger charge is 2.20. The van der Waals surface area contributed by atoms with Crippen molar-refractivity contribution in [2.45, 2.75) is 33.1 Å². The average Bonchev–Trinajstić information content (AvgIpc) is 2.97. The molecule has 0 saturated carbocycles. The molecule has 0 radical (unpaired) electrons. The second-order valence-electron chi connectivity index (χ2n) is 9.30. The molecule has 5 N–H and O–H groups in total. The molecule has 0 aliphatic carbocycles. The number of carbonyl (C=O) groups is 2. The van der Waals surface area contributed by atoms with Crippen molar-refractivity contribution >= 4 is 29.7 Å². The summed E-state index contributed by atoms with van der Waals surface area (Å²) in [5.41, 5.74) is 6.86. The third-order valence-electron chi connectivity index (χ3n) is 6.45. The van der Waals surface area contributed by atoms with Crippen LogP contribution in [0.5, 0.6) is 5.75 Å². The number of amides is 2. The quantitative estimate of drug-likeness (QED) is 0.129. The fraction of sp³-hybridized carbons (Fsp3) is 0.290. The fourth-order valence-electron chi connectivity index (χ4n) is 4.16. The minimum absolute atomic E-state index is 0.160. The molecule has 3 aromatic rings. The normalized spacial score (nSPS) is 10.9. The summed E-state index contributed by atoms with van der Waals surface area (Å²) < 4.78 is 5.97. The molecule has 0 aromatic heterocycles. The molecule has 0 fully saturated rings. The van der Waals surface area contributed by atoms with E-state index in [0.29, 0.717) is 19.7 Å². The molecular formula is C31H39N5O3. The Balaban J connectivity index is 1.58. The van der Waals surface area contributed by atoms with Crippen LogP contribution in [0.4, 0.5) is 5.69 Å². The van der Waals surface area contributed by atoms with E-state index in [9.17, 15) is 9.59 Å². The molecule has 39 heavy (non-hydrogen) atoms. The fourth-order valence-corrected chi connectivity index (χ4v) is 4.16. The topological polar surface area (TPSA) is 114 Å². The number of nitrogens with two attached hydrogens (primary N) is 2.